The van der Waals surface area contributed by atoms with Crippen LogP contribution in [0.25, 0.3) is 11.0 Å². The van der Waals surface area contributed by atoms with E-state index in [1.54, 1.807) is 0 Å². The fourth-order valence-electron chi connectivity index (χ4n) is 3.22. The molecule has 3 rings (SSSR count). The number of para-hydroxylation sites is 2. The summed E-state index contributed by atoms with van der Waals surface area (Å²) in [7, 11) is 0. The summed E-state index contributed by atoms with van der Waals surface area (Å²) in [6.45, 7) is 1.97. The molecule has 1 aliphatic rings. The number of hydrogen-bond acceptors (Lipinski definition) is 3. The number of hydrogen-bond donors (Lipinski definition) is 2. The second kappa shape index (κ2) is 7.66. The van der Waals surface area contributed by atoms with Crippen molar-refractivity contribution >= 4 is 29.3 Å². The quantitative estimate of drug-likeness (QED) is 0.889. The number of rotatable bonds is 4. The van der Waals surface area contributed by atoms with Crippen molar-refractivity contribution in [1.82, 2.24) is 14.5 Å². The topological polar surface area (TPSA) is 84.1 Å². The third-order valence-corrected chi connectivity index (χ3v) is 4.40. The Morgan fingerprint density at radius 1 is 1.26 bits per heavy atom. The molecule has 0 aliphatic carbocycles. The molecule has 2 heterocycles. The Morgan fingerprint density at radius 3 is 2.65 bits per heavy atom. The molecule has 0 saturated carbocycles. The first-order valence-electron chi connectivity index (χ1n) is 7.88. The lowest BCUT2D eigenvalue weighted by molar-refractivity contribution is -0.132. The Balaban J connectivity index is 0.00000192. The molecule has 1 aliphatic heterocycles. The van der Waals surface area contributed by atoms with Crippen LogP contribution in [-0.2, 0) is 4.79 Å². The van der Waals surface area contributed by atoms with Crippen LogP contribution in [0.4, 0.5) is 0 Å². The van der Waals surface area contributed by atoms with Gasteiger partial charge in [0, 0.05) is 25.6 Å². The summed E-state index contributed by atoms with van der Waals surface area (Å²) < 4.78 is 1.84. The summed E-state index contributed by atoms with van der Waals surface area (Å²) in [6, 6.07) is 7.89. The first kappa shape index (κ1) is 17.6. The van der Waals surface area contributed by atoms with E-state index < -0.39 is 0 Å². The lowest BCUT2D eigenvalue weighted by atomic mass is 10.0. The Kier molecular flexibility index (Phi) is 5.85. The first-order valence-corrected chi connectivity index (χ1v) is 7.88. The standard InChI is InChI=1S/C16H22N4O2.ClH/c17-9-3-6-15(21)19-10-7-12(8-11-19)20-14-5-2-1-4-13(14)18-16(20)22;/h1-2,4-5,12H,3,6-11,17H2,(H,18,22);1H. The fraction of sp³-hybridized carbons (Fsp3) is 0.500. The molecule has 1 saturated heterocycles. The highest BCUT2D eigenvalue weighted by Crippen LogP contribution is 2.25. The molecule has 1 fully saturated rings. The van der Waals surface area contributed by atoms with Gasteiger partial charge in [0.25, 0.3) is 0 Å². The van der Waals surface area contributed by atoms with Crippen molar-refractivity contribution in [3.8, 4) is 0 Å². The molecular formula is C16H23ClN4O2. The first-order chi connectivity index (χ1) is 10.7. The minimum absolute atomic E-state index is 0. The van der Waals surface area contributed by atoms with Gasteiger partial charge in [0.1, 0.15) is 0 Å². The minimum atomic E-state index is -0.0610. The molecule has 1 aromatic carbocycles. The van der Waals surface area contributed by atoms with Gasteiger partial charge in [0.05, 0.1) is 11.0 Å². The van der Waals surface area contributed by atoms with Crippen LogP contribution >= 0.6 is 12.4 Å². The Labute approximate surface area is 141 Å². The number of benzene rings is 1. The molecule has 0 atom stereocenters. The van der Waals surface area contributed by atoms with Crippen molar-refractivity contribution < 1.29 is 4.79 Å². The average Bonchev–Trinajstić information content (AvgIpc) is 2.88. The van der Waals surface area contributed by atoms with Gasteiger partial charge in [-0.3, -0.25) is 9.36 Å². The Bertz CT molecular complexity index is 716. The van der Waals surface area contributed by atoms with Gasteiger partial charge in [0.15, 0.2) is 0 Å². The zero-order valence-electron chi connectivity index (χ0n) is 13.0. The molecule has 0 spiro atoms. The molecule has 1 aromatic heterocycles. The summed E-state index contributed by atoms with van der Waals surface area (Å²) in [4.78, 5) is 29.0. The number of carbonyl (C=O) groups is 1. The van der Waals surface area contributed by atoms with Gasteiger partial charge >= 0.3 is 5.69 Å². The number of halogens is 1. The number of nitrogens with zero attached hydrogens (tertiary/aromatic N) is 2. The number of imidazole rings is 1. The number of amides is 1. The maximum absolute atomic E-state index is 12.2. The van der Waals surface area contributed by atoms with Crippen LogP contribution in [0.5, 0.6) is 0 Å². The third-order valence-electron chi connectivity index (χ3n) is 4.40. The molecule has 3 N–H and O–H groups in total. The van der Waals surface area contributed by atoms with E-state index in [2.05, 4.69) is 4.98 Å². The van der Waals surface area contributed by atoms with Gasteiger partial charge in [0.2, 0.25) is 5.91 Å². The fourth-order valence-corrected chi connectivity index (χ4v) is 3.22. The van der Waals surface area contributed by atoms with Crippen LogP contribution in [-0.4, -0.2) is 40.0 Å². The second-order valence-electron chi connectivity index (χ2n) is 5.82. The minimum Gasteiger partial charge on any atom is -0.343 e. The van der Waals surface area contributed by atoms with Crippen LogP contribution in [0, 0.1) is 0 Å². The summed E-state index contributed by atoms with van der Waals surface area (Å²) in [6.07, 6.45) is 2.89. The summed E-state index contributed by atoms with van der Waals surface area (Å²) in [5.74, 6) is 0.176. The molecule has 7 heteroatoms. The Morgan fingerprint density at radius 2 is 1.96 bits per heavy atom. The van der Waals surface area contributed by atoms with E-state index in [-0.39, 0.29) is 30.0 Å². The van der Waals surface area contributed by atoms with Gasteiger partial charge in [-0.1, -0.05) is 12.1 Å². The number of carbonyl (C=O) groups excluding carboxylic acids is 1. The van der Waals surface area contributed by atoms with E-state index in [0.29, 0.717) is 26.1 Å². The molecule has 0 bridgehead atoms. The van der Waals surface area contributed by atoms with E-state index in [4.69, 9.17) is 5.73 Å². The van der Waals surface area contributed by atoms with Crippen LogP contribution in [0.1, 0.15) is 31.7 Å². The largest absolute Gasteiger partial charge is 0.343 e. The summed E-state index contributed by atoms with van der Waals surface area (Å²) >= 11 is 0. The highest BCUT2D eigenvalue weighted by molar-refractivity contribution is 5.85. The molecular weight excluding hydrogens is 316 g/mol. The maximum Gasteiger partial charge on any atom is 0.326 e. The SMILES string of the molecule is Cl.NCCCC(=O)N1CCC(n2c(=O)[nH]c3ccccc32)CC1. The molecule has 2 aromatic rings. The molecule has 1 amide bonds. The maximum atomic E-state index is 12.2. The number of nitrogens with two attached hydrogens (primary N) is 1. The molecule has 6 nitrogen and oxygen atoms in total. The van der Waals surface area contributed by atoms with E-state index >= 15 is 0 Å². The average molecular weight is 339 g/mol. The van der Waals surface area contributed by atoms with Gasteiger partial charge in [-0.2, -0.15) is 0 Å². The predicted molar refractivity (Wildman–Crippen MR) is 92.9 cm³/mol. The molecule has 126 valence electrons. The van der Waals surface area contributed by atoms with E-state index in [0.717, 1.165) is 30.3 Å². The summed E-state index contributed by atoms with van der Waals surface area (Å²) in [5, 5.41) is 0. The van der Waals surface area contributed by atoms with E-state index in [1.807, 2.05) is 33.7 Å². The number of likely N-dealkylation sites (tertiary alicyclic amines) is 1. The van der Waals surface area contributed by atoms with Crippen molar-refractivity contribution in [2.24, 2.45) is 5.73 Å². The molecule has 0 unspecified atom stereocenters. The van der Waals surface area contributed by atoms with Crippen molar-refractivity contribution in [3.63, 3.8) is 0 Å². The van der Waals surface area contributed by atoms with Crippen LogP contribution in [0.2, 0.25) is 0 Å². The lowest BCUT2D eigenvalue weighted by Gasteiger charge is -2.32. The van der Waals surface area contributed by atoms with Crippen molar-refractivity contribution in [2.45, 2.75) is 31.7 Å². The van der Waals surface area contributed by atoms with Crippen molar-refractivity contribution in [1.29, 1.82) is 0 Å². The van der Waals surface area contributed by atoms with Gasteiger partial charge in [-0.15, -0.1) is 12.4 Å². The zero-order valence-corrected chi connectivity index (χ0v) is 13.8. The van der Waals surface area contributed by atoms with E-state index in [1.165, 1.54) is 0 Å². The zero-order chi connectivity index (χ0) is 15.5. The van der Waals surface area contributed by atoms with Crippen molar-refractivity contribution in [3.05, 3.63) is 34.7 Å². The van der Waals surface area contributed by atoms with Crippen LogP contribution in [0.3, 0.4) is 0 Å². The predicted octanol–water partition coefficient (Wildman–Crippen LogP) is 1.65. The van der Waals surface area contributed by atoms with Gasteiger partial charge in [-0.25, -0.2) is 4.79 Å². The normalized spacial score (nSPS) is 15.6. The number of aromatic amines is 1. The van der Waals surface area contributed by atoms with Crippen LogP contribution < -0.4 is 11.4 Å². The number of H-pyrrole nitrogens is 1. The Hall–Kier alpha value is -1.79. The van der Waals surface area contributed by atoms with Crippen molar-refractivity contribution in [2.75, 3.05) is 19.6 Å². The third kappa shape index (κ3) is 3.59. The monoisotopic (exact) mass is 338 g/mol. The summed E-state index contributed by atoms with van der Waals surface area (Å²) in [5.41, 5.74) is 7.20. The number of aromatic nitrogens is 2. The number of nitrogens with one attached hydrogen (secondary N) is 1. The lowest BCUT2D eigenvalue weighted by Crippen LogP contribution is -2.40. The van der Waals surface area contributed by atoms with Crippen LogP contribution in [0.15, 0.2) is 29.1 Å². The number of piperidine rings is 1. The smallest absolute Gasteiger partial charge is 0.326 e. The number of fused-ring (bicyclic) bond motifs is 1. The highest BCUT2D eigenvalue weighted by Gasteiger charge is 2.25. The van der Waals surface area contributed by atoms with Gasteiger partial charge < -0.3 is 15.6 Å². The second-order valence-corrected chi connectivity index (χ2v) is 5.82. The van der Waals surface area contributed by atoms with Gasteiger partial charge in [-0.05, 0) is 37.9 Å². The van der Waals surface area contributed by atoms with E-state index in [9.17, 15) is 9.59 Å². The highest BCUT2D eigenvalue weighted by atomic mass is 35.5. The molecule has 23 heavy (non-hydrogen) atoms. The molecule has 0 radical (unpaired) electrons.